The normalized spacial score (nSPS) is 20.4. The summed E-state index contributed by atoms with van der Waals surface area (Å²) in [5.41, 5.74) is 0.404. The summed E-state index contributed by atoms with van der Waals surface area (Å²) in [5, 5.41) is 10.6. The van der Waals surface area contributed by atoms with Crippen LogP contribution in [0.4, 0.5) is 4.39 Å². The molecule has 0 aliphatic heterocycles. The summed E-state index contributed by atoms with van der Waals surface area (Å²) < 4.78 is 18.6. The summed E-state index contributed by atoms with van der Waals surface area (Å²) in [6.07, 6.45) is 4.78. The van der Waals surface area contributed by atoms with Gasteiger partial charge in [-0.3, -0.25) is 0 Å². The smallest absolute Gasteiger partial charge is 0.124 e. The van der Waals surface area contributed by atoms with Crippen molar-refractivity contribution in [3.63, 3.8) is 0 Å². The second kappa shape index (κ2) is 5.27. The van der Waals surface area contributed by atoms with E-state index in [1.165, 1.54) is 18.6 Å². The first-order valence-electron chi connectivity index (χ1n) is 6.58. The fourth-order valence-electron chi connectivity index (χ4n) is 2.93. The SMILES string of the molecule is COc1ccc(F)cc1C(O)C1(C)CCCCC1. The molecule has 1 aliphatic carbocycles. The molecule has 0 bridgehead atoms. The lowest BCUT2D eigenvalue weighted by Gasteiger charge is -2.38. The number of hydrogen-bond acceptors (Lipinski definition) is 2. The van der Waals surface area contributed by atoms with Crippen molar-refractivity contribution < 1.29 is 14.2 Å². The van der Waals surface area contributed by atoms with Crippen LogP contribution in [-0.2, 0) is 0 Å². The Kier molecular flexibility index (Phi) is 3.91. The summed E-state index contributed by atoms with van der Waals surface area (Å²) >= 11 is 0. The van der Waals surface area contributed by atoms with Crippen LogP contribution in [0.15, 0.2) is 18.2 Å². The molecule has 0 spiro atoms. The minimum Gasteiger partial charge on any atom is -0.496 e. The van der Waals surface area contributed by atoms with Crippen LogP contribution in [0.3, 0.4) is 0 Å². The maximum Gasteiger partial charge on any atom is 0.124 e. The van der Waals surface area contributed by atoms with Gasteiger partial charge in [-0.05, 0) is 36.5 Å². The van der Waals surface area contributed by atoms with Gasteiger partial charge in [-0.2, -0.15) is 0 Å². The highest BCUT2D eigenvalue weighted by Crippen LogP contribution is 2.47. The lowest BCUT2D eigenvalue weighted by molar-refractivity contribution is 0.00650. The molecule has 1 aromatic carbocycles. The summed E-state index contributed by atoms with van der Waals surface area (Å²) in [6.45, 7) is 2.08. The quantitative estimate of drug-likeness (QED) is 0.885. The monoisotopic (exact) mass is 252 g/mol. The average Bonchev–Trinajstić information content (AvgIpc) is 2.38. The Labute approximate surface area is 108 Å². The van der Waals surface area contributed by atoms with Crippen molar-refractivity contribution in [1.29, 1.82) is 0 Å². The minimum atomic E-state index is -0.663. The van der Waals surface area contributed by atoms with Gasteiger partial charge in [-0.15, -0.1) is 0 Å². The zero-order chi connectivity index (χ0) is 13.2. The molecule has 1 aromatic rings. The minimum absolute atomic E-state index is 0.167. The lowest BCUT2D eigenvalue weighted by Crippen LogP contribution is -2.28. The summed E-state index contributed by atoms with van der Waals surface area (Å²) in [7, 11) is 1.55. The van der Waals surface area contributed by atoms with E-state index >= 15 is 0 Å². The number of benzene rings is 1. The Hall–Kier alpha value is -1.09. The number of rotatable bonds is 3. The van der Waals surface area contributed by atoms with E-state index in [1.54, 1.807) is 13.2 Å². The van der Waals surface area contributed by atoms with Gasteiger partial charge in [0.25, 0.3) is 0 Å². The second-order valence-electron chi connectivity index (χ2n) is 5.50. The molecular formula is C15H21FO2. The van der Waals surface area contributed by atoms with E-state index in [2.05, 4.69) is 6.92 Å². The molecule has 0 heterocycles. The number of aliphatic hydroxyl groups is 1. The van der Waals surface area contributed by atoms with Crippen LogP contribution in [0, 0.1) is 11.2 Å². The first-order chi connectivity index (χ1) is 8.57. The third kappa shape index (κ3) is 2.51. The highest BCUT2D eigenvalue weighted by Gasteiger charge is 2.36. The first kappa shape index (κ1) is 13.3. The molecule has 1 unspecified atom stereocenters. The fraction of sp³-hybridized carbons (Fsp3) is 0.600. The number of methoxy groups -OCH3 is 1. The summed E-state index contributed by atoms with van der Waals surface area (Å²) in [6, 6.07) is 4.34. The number of halogens is 1. The Bertz CT molecular complexity index is 411. The molecule has 18 heavy (non-hydrogen) atoms. The van der Waals surface area contributed by atoms with E-state index in [0.29, 0.717) is 11.3 Å². The van der Waals surface area contributed by atoms with Gasteiger partial charge in [0.1, 0.15) is 11.6 Å². The van der Waals surface area contributed by atoms with Gasteiger partial charge in [0.2, 0.25) is 0 Å². The van der Waals surface area contributed by atoms with Crippen LogP contribution < -0.4 is 4.74 Å². The van der Waals surface area contributed by atoms with Gasteiger partial charge < -0.3 is 9.84 Å². The van der Waals surface area contributed by atoms with Crippen molar-refractivity contribution in [3.8, 4) is 5.75 Å². The van der Waals surface area contributed by atoms with E-state index in [-0.39, 0.29) is 11.2 Å². The van der Waals surface area contributed by atoms with Crippen LogP contribution in [0.2, 0.25) is 0 Å². The third-order valence-corrected chi connectivity index (χ3v) is 4.14. The molecule has 3 heteroatoms. The largest absolute Gasteiger partial charge is 0.496 e. The van der Waals surface area contributed by atoms with Crippen molar-refractivity contribution in [3.05, 3.63) is 29.6 Å². The molecular weight excluding hydrogens is 231 g/mol. The van der Waals surface area contributed by atoms with Crippen LogP contribution in [0.5, 0.6) is 5.75 Å². The molecule has 1 fully saturated rings. The number of aliphatic hydroxyl groups excluding tert-OH is 1. The predicted octanol–water partition coefficient (Wildman–Crippen LogP) is 3.84. The zero-order valence-electron chi connectivity index (χ0n) is 11.1. The van der Waals surface area contributed by atoms with E-state index in [0.717, 1.165) is 25.7 Å². The summed E-state index contributed by atoms with van der Waals surface area (Å²) in [5.74, 6) is 0.236. The molecule has 100 valence electrons. The zero-order valence-corrected chi connectivity index (χ0v) is 11.1. The van der Waals surface area contributed by atoms with Crippen LogP contribution in [-0.4, -0.2) is 12.2 Å². The average molecular weight is 252 g/mol. The predicted molar refractivity (Wildman–Crippen MR) is 69.1 cm³/mol. The van der Waals surface area contributed by atoms with Crippen molar-refractivity contribution in [2.75, 3.05) is 7.11 Å². The van der Waals surface area contributed by atoms with Gasteiger partial charge in [-0.1, -0.05) is 26.2 Å². The summed E-state index contributed by atoms with van der Waals surface area (Å²) in [4.78, 5) is 0. The standard InChI is InChI=1S/C15H21FO2/c1-15(8-4-3-5-9-15)14(17)12-10-11(16)6-7-13(12)18-2/h6-7,10,14,17H,3-5,8-9H2,1-2H3. The highest BCUT2D eigenvalue weighted by molar-refractivity contribution is 5.36. The first-order valence-corrected chi connectivity index (χ1v) is 6.58. The molecule has 2 rings (SSSR count). The molecule has 0 saturated heterocycles. The Morgan fingerprint density at radius 1 is 1.28 bits per heavy atom. The van der Waals surface area contributed by atoms with Crippen LogP contribution in [0.1, 0.15) is 50.7 Å². The van der Waals surface area contributed by atoms with Gasteiger partial charge in [0.15, 0.2) is 0 Å². The Morgan fingerprint density at radius 3 is 2.56 bits per heavy atom. The molecule has 1 saturated carbocycles. The van der Waals surface area contributed by atoms with Gasteiger partial charge in [0.05, 0.1) is 13.2 Å². The number of ether oxygens (including phenoxy) is 1. The van der Waals surface area contributed by atoms with Crippen molar-refractivity contribution in [2.45, 2.75) is 45.1 Å². The van der Waals surface area contributed by atoms with Crippen LogP contribution >= 0.6 is 0 Å². The fourth-order valence-corrected chi connectivity index (χ4v) is 2.93. The number of hydrogen-bond donors (Lipinski definition) is 1. The Balaban J connectivity index is 2.32. The molecule has 2 nitrogen and oxygen atoms in total. The van der Waals surface area contributed by atoms with Crippen molar-refractivity contribution in [1.82, 2.24) is 0 Å². The van der Waals surface area contributed by atoms with Gasteiger partial charge in [0, 0.05) is 5.56 Å². The van der Waals surface area contributed by atoms with Crippen molar-refractivity contribution in [2.24, 2.45) is 5.41 Å². The second-order valence-corrected chi connectivity index (χ2v) is 5.50. The topological polar surface area (TPSA) is 29.5 Å². The lowest BCUT2D eigenvalue weighted by atomic mass is 9.70. The maximum absolute atomic E-state index is 13.4. The van der Waals surface area contributed by atoms with E-state index in [1.807, 2.05) is 0 Å². The third-order valence-electron chi connectivity index (χ3n) is 4.14. The van der Waals surface area contributed by atoms with E-state index < -0.39 is 6.10 Å². The van der Waals surface area contributed by atoms with Crippen molar-refractivity contribution >= 4 is 0 Å². The molecule has 1 aliphatic rings. The Morgan fingerprint density at radius 2 is 1.94 bits per heavy atom. The highest BCUT2D eigenvalue weighted by atomic mass is 19.1. The maximum atomic E-state index is 13.4. The van der Waals surface area contributed by atoms with Gasteiger partial charge >= 0.3 is 0 Å². The molecule has 1 N–H and O–H groups in total. The molecule has 0 radical (unpaired) electrons. The van der Waals surface area contributed by atoms with Crippen LogP contribution in [0.25, 0.3) is 0 Å². The van der Waals surface area contributed by atoms with E-state index in [9.17, 15) is 9.50 Å². The molecule has 1 atom stereocenters. The van der Waals surface area contributed by atoms with E-state index in [4.69, 9.17) is 4.74 Å². The molecule has 0 amide bonds. The van der Waals surface area contributed by atoms with Gasteiger partial charge in [-0.25, -0.2) is 4.39 Å². The molecule has 0 aromatic heterocycles.